The maximum atomic E-state index is 11.3. The summed E-state index contributed by atoms with van der Waals surface area (Å²) in [4.78, 5) is 15.0. The van der Waals surface area contributed by atoms with Crippen molar-refractivity contribution in [2.45, 2.75) is 26.8 Å². The van der Waals surface area contributed by atoms with E-state index in [2.05, 4.69) is 4.98 Å². The topological polar surface area (TPSA) is 55.1 Å². The fourth-order valence-corrected chi connectivity index (χ4v) is 1.22. The van der Waals surface area contributed by atoms with Crippen LogP contribution in [-0.4, -0.2) is 14.7 Å². The number of aryl methyl sites for hydroxylation is 1. The highest BCUT2D eigenvalue weighted by Gasteiger charge is 2.06. The Morgan fingerprint density at radius 3 is 2.58 bits per heavy atom. The second-order valence-corrected chi connectivity index (χ2v) is 2.96. The normalized spacial score (nSPS) is 10.7. The summed E-state index contributed by atoms with van der Waals surface area (Å²) in [7, 11) is 0. The average molecular weight is 168 g/mol. The van der Waals surface area contributed by atoms with Crippen molar-refractivity contribution in [3.05, 3.63) is 22.2 Å². The predicted octanol–water partition coefficient (Wildman–Crippen LogP) is 0.838. The molecule has 1 N–H and O–H groups in total. The second kappa shape index (κ2) is 2.97. The van der Waals surface area contributed by atoms with Gasteiger partial charge in [-0.2, -0.15) is 0 Å². The molecule has 1 heterocycles. The molecule has 0 fully saturated rings. The molecule has 0 aliphatic heterocycles. The van der Waals surface area contributed by atoms with Crippen LogP contribution in [0.5, 0.6) is 5.88 Å². The van der Waals surface area contributed by atoms with Gasteiger partial charge in [0.15, 0.2) is 0 Å². The van der Waals surface area contributed by atoms with E-state index in [1.54, 1.807) is 6.92 Å². The summed E-state index contributed by atoms with van der Waals surface area (Å²) in [6, 6.07) is 1.19. The Hall–Kier alpha value is -1.32. The van der Waals surface area contributed by atoms with E-state index in [0.717, 1.165) is 6.07 Å². The maximum Gasteiger partial charge on any atom is 0.257 e. The molecule has 1 aromatic heterocycles. The smallest absolute Gasteiger partial charge is 0.257 e. The van der Waals surface area contributed by atoms with Crippen molar-refractivity contribution in [2.75, 3.05) is 0 Å². The molecule has 0 aliphatic carbocycles. The first-order chi connectivity index (χ1) is 5.52. The fraction of sp³-hybridized carbons (Fsp3) is 0.500. The lowest BCUT2D eigenvalue weighted by molar-refractivity contribution is 0.436. The zero-order chi connectivity index (χ0) is 9.30. The third-order valence-corrected chi connectivity index (χ3v) is 1.63. The maximum absolute atomic E-state index is 11.3. The molecule has 0 bridgehead atoms. The summed E-state index contributed by atoms with van der Waals surface area (Å²) in [5.74, 6) is 0.324. The molecule has 0 spiro atoms. The molecule has 0 radical (unpaired) electrons. The molecule has 1 aromatic rings. The molecule has 4 nitrogen and oxygen atoms in total. The van der Waals surface area contributed by atoms with Crippen LogP contribution in [0.1, 0.15) is 25.7 Å². The zero-order valence-electron chi connectivity index (χ0n) is 7.40. The van der Waals surface area contributed by atoms with Gasteiger partial charge < -0.3 is 5.11 Å². The molecule has 12 heavy (non-hydrogen) atoms. The molecule has 0 amide bonds. The Labute approximate surface area is 70.5 Å². The van der Waals surface area contributed by atoms with Crippen LogP contribution < -0.4 is 5.56 Å². The predicted molar refractivity (Wildman–Crippen MR) is 45.3 cm³/mol. The van der Waals surface area contributed by atoms with Gasteiger partial charge in [0.2, 0.25) is 5.88 Å². The van der Waals surface area contributed by atoms with E-state index in [9.17, 15) is 4.79 Å². The van der Waals surface area contributed by atoms with Gasteiger partial charge >= 0.3 is 0 Å². The van der Waals surface area contributed by atoms with Crippen molar-refractivity contribution in [3.8, 4) is 5.88 Å². The Morgan fingerprint density at radius 2 is 2.17 bits per heavy atom. The number of aromatic hydroxyl groups is 1. The van der Waals surface area contributed by atoms with Crippen LogP contribution in [0.25, 0.3) is 0 Å². The summed E-state index contributed by atoms with van der Waals surface area (Å²) < 4.78 is 1.53. The lowest BCUT2D eigenvalue weighted by atomic mass is 10.3. The number of nitrogens with zero attached hydrogens (tertiary/aromatic N) is 2. The molecule has 0 aliphatic rings. The minimum Gasteiger partial charge on any atom is -0.493 e. The number of hydrogen-bond acceptors (Lipinski definition) is 3. The molecule has 4 heteroatoms. The quantitative estimate of drug-likeness (QED) is 0.676. The van der Waals surface area contributed by atoms with Gasteiger partial charge in [-0.05, 0) is 20.8 Å². The first-order valence-electron chi connectivity index (χ1n) is 3.81. The van der Waals surface area contributed by atoms with Crippen LogP contribution in [-0.2, 0) is 0 Å². The largest absolute Gasteiger partial charge is 0.493 e. The zero-order valence-corrected chi connectivity index (χ0v) is 7.40. The van der Waals surface area contributed by atoms with E-state index < -0.39 is 0 Å². The Bertz CT molecular complexity index is 341. The van der Waals surface area contributed by atoms with Gasteiger partial charge in [-0.25, -0.2) is 4.98 Å². The van der Waals surface area contributed by atoms with Crippen LogP contribution in [0.4, 0.5) is 0 Å². The lowest BCUT2D eigenvalue weighted by Gasteiger charge is -2.11. The second-order valence-electron chi connectivity index (χ2n) is 2.96. The third kappa shape index (κ3) is 1.47. The highest BCUT2D eigenvalue weighted by Crippen LogP contribution is 2.06. The van der Waals surface area contributed by atoms with E-state index in [-0.39, 0.29) is 17.5 Å². The van der Waals surface area contributed by atoms with Gasteiger partial charge in [-0.3, -0.25) is 9.36 Å². The van der Waals surface area contributed by atoms with Crippen LogP contribution >= 0.6 is 0 Å². The van der Waals surface area contributed by atoms with Crippen molar-refractivity contribution in [3.63, 3.8) is 0 Å². The van der Waals surface area contributed by atoms with Crippen LogP contribution in [0.2, 0.25) is 0 Å². The molecule has 66 valence electrons. The fourth-order valence-electron chi connectivity index (χ4n) is 1.22. The molecule has 0 saturated heterocycles. The van der Waals surface area contributed by atoms with E-state index >= 15 is 0 Å². The Kier molecular flexibility index (Phi) is 2.17. The summed E-state index contributed by atoms with van der Waals surface area (Å²) in [5, 5.41) is 8.98. The lowest BCUT2D eigenvalue weighted by Crippen LogP contribution is -2.24. The molecule has 0 saturated carbocycles. The highest BCUT2D eigenvalue weighted by molar-refractivity contribution is 5.08. The standard InChI is InChI=1S/C8H12N2O2/c1-5(2)10-6(3)9-7(11)4-8(10)12/h4-5,11H,1-3H3. The first kappa shape index (κ1) is 8.77. The molecule has 0 unspecified atom stereocenters. The molecule has 0 atom stereocenters. The van der Waals surface area contributed by atoms with E-state index in [1.807, 2.05) is 13.8 Å². The van der Waals surface area contributed by atoms with E-state index in [0.29, 0.717) is 5.82 Å². The number of rotatable bonds is 1. The van der Waals surface area contributed by atoms with Crippen molar-refractivity contribution in [1.82, 2.24) is 9.55 Å². The highest BCUT2D eigenvalue weighted by atomic mass is 16.3. The van der Waals surface area contributed by atoms with Crippen LogP contribution in [0.15, 0.2) is 10.9 Å². The van der Waals surface area contributed by atoms with Gasteiger partial charge in [-0.1, -0.05) is 0 Å². The molecule has 0 aromatic carbocycles. The van der Waals surface area contributed by atoms with Gasteiger partial charge in [0.1, 0.15) is 5.82 Å². The third-order valence-electron chi connectivity index (χ3n) is 1.63. The molecule has 1 rings (SSSR count). The summed E-state index contributed by atoms with van der Waals surface area (Å²) in [6.07, 6.45) is 0. The number of aromatic nitrogens is 2. The van der Waals surface area contributed by atoms with E-state index in [4.69, 9.17) is 5.11 Å². The Morgan fingerprint density at radius 1 is 1.58 bits per heavy atom. The minimum absolute atomic E-state index is 0.0746. The SMILES string of the molecule is Cc1nc(O)cc(=O)n1C(C)C. The van der Waals surface area contributed by atoms with Crippen molar-refractivity contribution in [1.29, 1.82) is 0 Å². The monoisotopic (exact) mass is 168 g/mol. The summed E-state index contributed by atoms with van der Waals surface area (Å²) in [6.45, 7) is 5.49. The van der Waals surface area contributed by atoms with E-state index in [1.165, 1.54) is 4.57 Å². The van der Waals surface area contributed by atoms with Crippen molar-refractivity contribution >= 4 is 0 Å². The van der Waals surface area contributed by atoms with Crippen LogP contribution in [0.3, 0.4) is 0 Å². The minimum atomic E-state index is -0.214. The van der Waals surface area contributed by atoms with Crippen LogP contribution in [0, 0.1) is 6.92 Å². The van der Waals surface area contributed by atoms with Gasteiger partial charge in [-0.15, -0.1) is 0 Å². The first-order valence-corrected chi connectivity index (χ1v) is 3.81. The average Bonchev–Trinajstić information content (AvgIpc) is 1.82. The van der Waals surface area contributed by atoms with Crippen molar-refractivity contribution in [2.24, 2.45) is 0 Å². The van der Waals surface area contributed by atoms with Gasteiger partial charge in [0.25, 0.3) is 5.56 Å². The number of hydrogen-bond donors (Lipinski definition) is 1. The molecular weight excluding hydrogens is 156 g/mol. The van der Waals surface area contributed by atoms with Gasteiger partial charge in [0, 0.05) is 6.04 Å². The molecular formula is C8H12N2O2. The van der Waals surface area contributed by atoms with Gasteiger partial charge in [0.05, 0.1) is 6.07 Å². The summed E-state index contributed by atoms with van der Waals surface area (Å²) >= 11 is 0. The summed E-state index contributed by atoms with van der Waals surface area (Å²) in [5.41, 5.74) is -0.213. The Balaban J connectivity index is 3.39. The van der Waals surface area contributed by atoms with Crippen molar-refractivity contribution < 1.29 is 5.11 Å².